The summed E-state index contributed by atoms with van der Waals surface area (Å²) < 4.78 is 10.9. The summed E-state index contributed by atoms with van der Waals surface area (Å²) in [6, 6.07) is 8.02. The molecule has 0 aromatic heterocycles. The lowest BCUT2D eigenvalue weighted by atomic mass is 10.1. The molecule has 0 bridgehead atoms. The van der Waals surface area contributed by atoms with Gasteiger partial charge < -0.3 is 14.4 Å². The molecule has 43 heavy (non-hydrogen) atoms. The van der Waals surface area contributed by atoms with E-state index in [-0.39, 0.29) is 41.1 Å². The van der Waals surface area contributed by atoms with Gasteiger partial charge in [-0.25, -0.2) is 0 Å². The Labute approximate surface area is 254 Å². The van der Waals surface area contributed by atoms with Gasteiger partial charge in [-0.3, -0.25) is 24.1 Å². The molecule has 228 valence electrons. The van der Waals surface area contributed by atoms with Gasteiger partial charge in [0.15, 0.2) is 5.75 Å². The van der Waals surface area contributed by atoms with Crippen LogP contribution in [-0.2, 0) is 14.4 Å². The van der Waals surface area contributed by atoms with Crippen molar-refractivity contribution in [2.45, 2.75) is 81.1 Å². The van der Waals surface area contributed by atoms with Crippen LogP contribution in [0.15, 0.2) is 65.3 Å². The van der Waals surface area contributed by atoms with E-state index in [1.807, 2.05) is 13.0 Å². The number of carbonyl (C=O) groups excluding carboxylic acids is 4. The molecule has 0 N–H and O–H groups in total. The monoisotopic (exact) mass is 586 g/mol. The van der Waals surface area contributed by atoms with Crippen molar-refractivity contribution in [1.29, 1.82) is 0 Å². The average Bonchev–Trinajstić information content (AvgIpc) is 3.00. The van der Waals surface area contributed by atoms with E-state index in [4.69, 9.17) is 9.47 Å². The Kier molecular flexibility index (Phi) is 11.2. The van der Waals surface area contributed by atoms with Gasteiger partial charge in [0.1, 0.15) is 11.4 Å². The summed E-state index contributed by atoms with van der Waals surface area (Å²) in [5.74, 6) is -1.48. The summed E-state index contributed by atoms with van der Waals surface area (Å²) in [6.45, 7) is 14.3. The number of hydrogen-bond acceptors (Lipinski definition) is 6. The van der Waals surface area contributed by atoms with Crippen LogP contribution in [0.4, 0.5) is 17.1 Å². The quantitative estimate of drug-likeness (QED) is 0.160. The van der Waals surface area contributed by atoms with Crippen LogP contribution in [0.1, 0.15) is 90.1 Å². The van der Waals surface area contributed by atoms with E-state index in [9.17, 15) is 19.2 Å². The topological polar surface area (TPSA) is 93.2 Å². The normalized spacial score (nSPS) is 13.2. The number of allylic oxidation sites excluding steroid dienone is 5. The van der Waals surface area contributed by atoms with Crippen molar-refractivity contribution >= 4 is 40.8 Å². The third kappa shape index (κ3) is 8.53. The van der Waals surface area contributed by atoms with E-state index in [1.165, 1.54) is 36.8 Å². The molecular formula is C35H42N2O6. The summed E-state index contributed by atoms with van der Waals surface area (Å²) >= 11 is 0. The Morgan fingerprint density at radius 3 is 2.02 bits per heavy atom. The zero-order chi connectivity index (χ0) is 31.8. The lowest BCUT2D eigenvalue weighted by Crippen LogP contribution is -2.31. The summed E-state index contributed by atoms with van der Waals surface area (Å²) in [5, 5.41) is 0. The first-order valence-electron chi connectivity index (χ1n) is 14.5. The van der Waals surface area contributed by atoms with E-state index >= 15 is 0 Å². The molecule has 0 unspecified atom stereocenters. The fourth-order valence-corrected chi connectivity index (χ4v) is 5.06. The molecule has 1 heterocycles. The molecule has 0 radical (unpaired) electrons. The minimum Gasteiger partial charge on any atom is -0.427 e. The number of para-hydroxylation sites is 1. The molecule has 0 saturated heterocycles. The Bertz CT molecular complexity index is 1510. The maximum Gasteiger partial charge on any atom is 0.308 e. The molecule has 2 amide bonds. The van der Waals surface area contributed by atoms with Crippen molar-refractivity contribution in [3.63, 3.8) is 0 Å². The molecule has 3 rings (SSSR count). The molecule has 0 spiro atoms. The molecule has 8 heteroatoms. The van der Waals surface area contributed by atoms with Gasteiger partial charge in [-0.1, -0.05) is 41.0 Å². The van der Waals surface area contributed by atoms with Crippen molar-refractivity contribution in [3.8, 4) is 11.5 Å². The zero-order valence-corrected chi connectivity index (χ0v) is 26.5. The van der Waals surface area contributed by atoms with Crippen LogP contribution in [0.2, 0.25) is 0 Å². The molecular weight excluding hydrogens is 544 g/mol. The third-order valence-electron chi connectivity index (χ3n) is 7.04. The molecule has 0 fully saturated rings. The van der Waals surface area contributed by atoms with Gasteiger partial charge in [0.25, 0.3) is 5.91 Å². The van der Waals surface area contributed by atoms with Crippen LogP contribution in [0.25, 0.3) is 0 Å². The van der Waals surface area contributed by atoms with Gasteiger partial charge in [0, 0.05) is 33.4 Å². The second-order valence-electron chi connectivity index (χ2n) is 11.2. The fraction of sp³-hybridized carbons (Fsp3) is 0.371. The predicted molar refractivity (Wildman–Crippen MR) is 170 cm³/mol. The molecule has 1 aliphatic rings. The van der Waals surface area contributed by atoms with Crippen LogP contribution in [0.3, 0.4) is 0 Å². The number of carbonyl (C=O) groups is 4. The van der Waals surface area contributed by atoms with Gasteiger partial charge in [-0.05, 0) is 84.1 Å². The summed E-state index contributed by atoms with van der Waals surface area (Å²) in [5.41, 5.74) is 5.62. The summed E-state index contributed by atoms with van der Waals surface area (Å²) in [6.07, 6.45) is 10.3. The molecule has 1 aliphatic heterocycles. The van der Waals surface area contributed by atoms with Gasteiger partial charge >= 0.3 is 11.9 Å². The number of hydrogen-bond donors (Lipinski definition) is 0. The van der Waals surface area contributed by atoms with Crippen molar-refractivity contribution in [3.05, 3.63) is 76.4 Å². The van der Waals surface area contributed by atoms with E-state index < -0.39 is 11.9 Å². The minimum absolute atomic E-state index is 0.100. The first-order valence-corrected chi connectivity index (χ1v) is 14.5. The van der Waals surface area contributed by atoms with Crippen molar-refractivity contribution in [1.82, 2.24) is 0 Å². The van der Waals surface area contributed by atoms with Gasteiger partial charge in [0.2, 0.25) is 5.91 Å². The Balaban J connectivity index is 2.07. The standard InChI is InChI=1S/C35H42N2O6/c1-22(2)12-9-13-23(3)14-10-15-24(4)18-19-36-31-21-29(42-27(7)39)20-25(5)33(31)37(26(6)38)34-30(35(36)41)16-11-17-32(34)43-28(8)40/h11-12,14,16-18,20-21H,9-10,13,15,19H2,1-8H3/b23-14+,24-18+. The highest BCUT2D eigenvalue weighted by Crippen LogP contribution is 2.48. The molecule has 8 nitrogen and oxygen atoms in total. The first-order chi connectivity index (χ1) is 20.3. The van der Waals surface area contributed by atoms with E-state index in [2.05, 4.69) is 32.9 Å². The zero-order valence-electron chi connectivity index (χ0n) is 26.5. The number of amides is 2. The number of rotatable bonds is 10. The lowest BCUT2D eigenvalue weighted by molar-refractivity contribution is -0.132. The molecule has 0 aliphatic carbocycles. The van der Waals surface area contributed by atoms with Crippen LogP contribution in [-0.4, -0.2) is 30.3 Å². The van der Waals surface area contributed by atoms with Crippen LogP contribution < -0.4 is 19.3 Å². The minimum atomic E-state index is -0.576. The SMILES string of the molecule is CC(=O)Oc1cc(C)c2c(c1)N(C/C=C(\C)CC/C=C(\C)CCC=C(C)C)C(=O)c1cccc(OC(C)=O)c1N2C(C)=O. The molecule has 0 saturated carbocycles. The van der Waals surface area contributed by atoms with Crippen molar-refractivity contribution in [2.75, 3.05) is 16.3 Å². The number of nitrogens with zero attached hydrogens (tertiary/aromatic N) is 2. The number of ether oxygens (including phenoxy) is 2. The van der Waals surface area contributed by atoms with Crippen molar-refractivity contribution in [2.24, 2.45) is 0 Å². The highest BCUT2D eigenvalue weighted by Gasteiger charge is 2.36. The lowest BCUT2D eigenvalue weighted by Gasteiger charge is -2.28. The highest BCUT2D eigenvalue weighted by molar-refractivity contribution is 6.20. The second kappa shape index (κ2) is 14.6. The first kappa shape index (κ1) is 33.0. The average molecular weight is 587 g/mol. The maximum absolute atomic E-state index is 14.2. The number of fused-ring (bicyclic) bond motifs is 2. The van der Waals surface area contributed by atoms with Crippen molar-refractivity contribution < 1.29 is 28.7 Å². The third-order valence-corrected chi connectivity index (χ3v) is 7.04. The van der Waals surface area contributed by atoms with Crippen LogP contribution in [0.5, 0.6) is 11.5 Å². The largest absolute Gasteiger partial charge is 0.427 e. The number of anilines is 3. The molecule has 0 atom stereocenters. The van der Waals surface area contributed by atoms with E-state index in [0.717, 1.165) is 31.3 Å². The predicted octanol–water partition coefficient (Wildman–Crippen LogP) is 7.91. The van der Waals surface area contributed by atoms with Gasteiger partial charge in [-0.2, -0.15) is 0 Å². The van der Waals surface area contributed by atoms with Crippen LogP contribution >= 0.6 is 0 Å². The maximum atomic E-state index is 14.2. The Morgan fingerprint density at radius 1 is 0.791 bits per heavy atom. The molecule has 2 aromatic carbocycles. The molecule has 2 aromatic rings. The number of benzene rings is 2. The van der Waals surface area contributed by atoms with E-state index in [0.29, 0.717) is 16.9 Å². The highest BCUT2D eigenvalue weighted by atomic mass is 16.5. The van der Waals surface area contributed by atoms with Gasteiger partial charge in [0.05, 0.1) is 16.9 Å². The Morgan fingerprint density at radius 2 is 1.42 bits per heavy atom. The van der Waals surface area contributed by atoms with E-state index in [1.54, 1.807) is 42.2 Å². The fourth-order valence-electron chi connectivity index (χ4n) is 5.06. The number of esters is 2. The smallest absolute Gasteiger partial charge is 0.308 e. The van der Waals surface area contributed by atoms with Crippen LogP contribution in [0, 0.1) is 6.92 Å². The Hall–Kier alpha value is -4.46. The number of aryl methyl sites for hydroxylation is 1. The second-order valence-corrected chi connectivity index (χ2v) is 11.2. The summed E-state index contributed by atoms with van der Waals surface area (Å²) in [4.78, 5) is 54.2. The summed E-state index contributed by atoms with van der Waals surface area (Å²) in [7, 11) is 0. The van der Waals surface area contributed by atoms with Gasteiger partial charge in [-0.15, -0.1) is 0 Å².